The predicted molar refractivity (Wildman–Crippen MR) is 84.4 cm³/mol. The van der Waals surface area contributed by atoms with Crippen molar-refractivity contribution in [2.45, 2.75) is 26.3 Å². The van der Waals surface area contributed by atoms with E-state index in [4.69, 9.17) is 4.42 Å². The number of furan rings is 1. The Morgan fingerprint density at radius 2 is 1.77 bits per heavy atom. The van der Waals surface area contributed by atoms with Crippen LogP contribution >= 0.6 is 0 Å². The molecule has 2 amide bonds. The van der Waals surface area contributed by atoms with Crippen LogP contribution in [0, 0.1) is 0 Å². The lowest BCUT2D eigenvalue weighted by Crippen LogP contribution is -2.45. The van der Waals surface area contributed by atoms with Crippen LogP contribution in [0.3, 0.4) is 0 Å². The molecule has 0 fully saturated rings. The van der Waals surface area contributed by atoms with Gasteiger partial charge in [-0.2, -0.15) is 0 Å². The standard InChI is InChI=1S/C17H20N2O3/c1-17(2,3)19-14(20)11-18-16(21)15-13(9-10-22-15)12-7-5-4-6-8-12/h4-10H,11H2,1-3H3,(H,18,21)(H,19,20). The van der Waals surface area contributed by atoms with Gasteiger partial charge >= 0.3 is 0 Å². The molecule has 0 spiro atoms. The molecule has 1 aromatic carbocycles. The zero-order chi connectivity index (χ0) is 16.2. The largest absolute Gasteiger partial charge is 0.459 e. The number of nitrogens with one attached hydrogen (secondary N) is 2. The highest BCUT2D eigenvalue weighted by Gasteiger charge is 2.19. The lowest BCUT2D eigenvalue weighted by molar-refractivity contribution is -0.121. The molecule has 2 N–H and O–H groups in total. The van der Waals surface area contributed by atoms with Gasteiger partial charge in [0.15, 0.2) is 5.76 Å². The first-order chi connectivity index (χ1) is 10.4. The van der Waals surface area contributed by atoms with Crippen LogP contribution in [0.2, 0.25) is 0 Å². The van der Waals surface area contributed by atoms with Gasteiger partial charge in [0, 0.05) is 11.1 Å². The monoisotopic (exact) mass is 300 g/mol. The summed E-state index contributed by atoms with van der Waals surface area (Å²) >= 11 is 0. The summed E-state index contributed by atoms with van der Waals surface area (Å²) in [4.78, 5) is 23.9. The Kier molecular flexibility index (Phi) is 4.65. The van der Waals surface area contributed by atoms with Gasteiger partial charge in [0.25, 0.3) is 5.91 Å². The van der Waals surface area contributed by atoms with Gasteiger partial charge in [-0.25, -0.2) is 0 Å². The van der Waals surface area contributed by atoms with Gasteiger partial charge in [-0.1, -0.05) is 30.3 Å². The van der Waals surface area contributed by atoms with Gasteiger partial charge in [0.2, 0.25) is 5.91 Å². The minimum absolute atomic E-state index is 0.0922. The third-order valence-electron chi connectivity index (χ3n) is 2.88. The second-order valence-corrected chi connectivity index (χ2v) is 6.01. The van der Waals surface area contributed by atoms with E-state index in [9.17, 15) is 9.59 Å². The summed E-state index contributed by atoms with van der Waals surface area (Å²) in [6.45, 7) is 5.55. The summed E-state index contributed by atoms with van der Waals surface area (Å²) in [7, 11) is 0. The quantitative estimate of drug-likeness (QED) is 0.911. The summed E-state index contributed by atoms with van der Waals surface area (Å²) < 4.78 is 5.27. The highest BCUT2D eigenvalue weighted by molar-refractivity contribution is 5.99. The first-order valence-electron chi connectivity index (χ1n) is 7.09. The average Bonchev–Trinajstić information content (AvgIpc) is 2.93. The number of rotatable bonds is 4. The Bertz CT molecular complexity index is 654. The van der Waals surface area contributed by atoms with E-state index >= 15 is 0 Å². The zero-order valence-electron chi connectivity index (χ0n) is 13.0. The molecular formula is C17H20N2O3. The SMILES string of the molecule is CC(C)(C)NC(=O)CNC(=O)c1occc1-c1ccccc1. The van der Waals surface area contributed by atoms with Crippen molar-refractivity contribution in [2.24, 2.45) is 0 Å². The van der Waals surface area contributed by atoms with Crippen molar-refractivity contribution in [3.63, 3.8) is 0 Å². The van der Waals surface area contributed by atoms with E-state index < -0.39 is 5.91 Å². The summed E-state index contributed by atoms with van der Waals surface area (Å²) in [6.07, 6.45) is 1.46. The summed E-state index contributed by atoms with van der Waals surface area (Å²) in [5.41, 5.74) is 1.26. The summed E-state index contributed by atoms with van der Waals surface area (Å²) in [5, 5.41) is 5.35. The number of hydrogen-bond acceptors (Lipinski definition) is 3. The molecule has 0 saturated carbocycles. The molecule has 5 nitrogen and oxygen atoms in total. The molecule has 5 heteroatoms. The molecule has 0 aliphatic carbocycles. The Hall–Kier alpha value is -2.56. The summed E-state index contributed by atoms with van der Waals surface area (Å²) in [5.74, 6) is -0.448. The molecule has 1 heterocycles. The van der Waals surface area contributed by atoms with E-state index in [1.54, 1.807) is 6.07 Å². The van der Waals surface area contributed by atoms with Crippen LogP contribution in [0.25, 0.3) is 11.1 Å². The number of carbonyl (C=O) groups excluding carboxylic acids is 2. The van der Waals surface area contributed by atoms with Crippen LogP contribution in [0.4, 0.5) is 0 Å². The molecule has 0 aliphatic heterocycles. The maximum absolute atomic E-state index is 12.2. The van der Waals surface area contributed by atoms with Crippen molar-refractivity contribution in [1.82, 2.24) is 10.6 Å². The average molecular weight is 300 g/mol. The molecule has 116 valence electrons. The maximum Gasteiger partial charge on any atom is 0.288 e. The molecular weight excluding hydrogens is 280 g/mol. The Balaban J connectivity index is 2.03. The Morgan fingerprint density at radius 1 is 1.09 bits per heavy atom. The lowest BCUT2D eigenvalue weighted by Gasteiger charge is -2.20. The van der Waals surface area contributed by atoms with Crippen LogP contribution in [-0.2, 0) is 4.79 Å². The molecule has 2 rings (SSSR count). The Labute approximate surface area is 129 Å². The fourth-order valence-corrected chi connectivity index (χ4v) is 2.03. The normalized spacial score (nSPS) is 11.0. The van der Waals surface area contributed by atoms with Crippen LogP contribution in [0.5, 0.6) is 0 Å². The van der Waals surface area contributed by atoms with Crippen LogP contribution < -0.4 is 10.6 Å². The highest BCUT2D eigenvalue weighted by atomic mass is 16.3. The van der Waals surface area contributed by atoms with Crippen LogP contribution in [0.1, 0.15) is 31.3 Å². The zero-order valence-corrected chi connectivity index (χ0v) is 13.0. The Morgan fingerprint density at radius 3 is 2.41 bits per heavy atom. The van der Waals surface area contributed by atoms with Crippen molar-refractivity contribution in [3.05, 3.63) is 48.4 Å². The van der Waals surface area contributed by atoms with E-state index in [0.717, 1.165) is 5.56 Å². The minimum Gasteiger partial charge on any atom is -0.459 e. The first kappa shape index (κ1) is 15.8. The molecule has 0 atom stereocenters. The highest BCUT2D eigenvalue weighted by Crippen LogP contribution is 2.24. The van der Waals surface area contributed by atoms with E-state index in [2.05, 4.69) is 10.6 Å². The van der Waals surface area contributed by atoms with Crippen LogP contribution in [-0.4, -0.2) is 23.9 Å². The number of hydrogen-bond donors (Lipinski definition) is 2. The smallest absolute Gasteiger partial charge is 0.288 e. The lowest BCUT2D eigenvalue weighted by atomic mass is 10.1. The minimum atomic E-state index is -0.409. The van der Waals surface area contributed by atoms with Gasteiger partial charge < -0.3 is 15.1 Å². The van der Waals surface area contributed by atoms with Gasteiger partial charge in [-0.15, -0.1) is 0 Å². The molecule has 0 radical (unpaired) electrons. The number of benzene rings is 1. The first-order valence-corrected chi connectivity index (χ1v) is 7.09. The molecule has 0 bridgehead atoms. The molecule has 0 aliphatic rings. The van der Waals surface area contributed by atoms with Crippen molar-refractivity contribution < 1.29 is 14.0 Å². The number of amides is 2. The van der Waals surface area contributed by atoms with Gasteiger partial charge in [0.1, 0.15) is 0 Å². The van der Waals surface area contributed by atoms with Crippen molar-refractivity contribution in [3.8, 4) is 11.1 Å². The second kappa shape index (κ2) is 6.47. The van der Waals surface area contributed by atoms with Gasteiger partial charge in [-0.05, 0) is 32.4 Å². The summed E-state index contributed by atoms with van der Waals surface area (Å²) in [6, 6.07) is 11.2. The van der Waals surface area contributed by atoms with Crippen molar-refractivity contribution >= 4 is 11.8 Å². The second-order valence-electron chi connectivity index (χ2n) is 6.01. The van der Waals surface area contributed by atoms with Gasteiger partial charge in [-0.3, -0.25) is 9.59 Å². The molecule has 0 unspecified atom stereocenters. The third kappa shape index (κ3) is 4.22. The molecule has 2 aromatic rings. The maximum atomic E-state index is 12.2. The topological polar surface area (TPSA) is 71.3 Å². The van der Waals surface area contributed by atoms with E-state index in [0.29, 0.717) is 5.56 Å². The number of carbonyl (C=O) groups is 2. The molecule has 1 aromatic heterocycles. The van der Waals surface area contributed by atoms with Crippen molar-refractivity contribution in [2.75, 3.05) is 6.54 Å². The van der Waals surface area contributed by atoms with Crippen molar-refractivity contribution in [1.29, 1.82) is 0 Å². The molecule has 22 heavy (non-hydrogen) atoms. The van der Waals surface area contributed by atoms with E-state index in [1.807, 2.05) is 51.1 Å². The third-order valence-corrected chi connectivity index (χ3v) is 2.88. The van der Waals surface area contributed by atoms with Crippen LogP contribution in [0.15, 0.2) is 47.1 Å². The predicted octanol–water partition coefficient (Wildman–Crippen LogP) is 2.59. The molecule has 0 saturated heterocycles. The van der Waals surface area contributed by atoms with Gasteiger partial charge in [0.05, 0.1) is 12.8 Å². The van der Waals surface area contributed by atoms with E-state index in [1.165, 1.54) is 6.26 Å². The fourth-order valence-electron chi connectivity index (χ4n) is 2.03. The van der Waals surface area contributed by atoms with E-state index in [-0.39, 0.29) is 23.8 Å². The fraction of sp³-hybridized carbons (Fsp3) is 0.294.